The van der Waals surface area contributed by atoms with Crippen molar-refractivity contribution in [2.24, 2.45) is 7.05 Å². The lowest BCUT2D eigenvalue weighted by molar-refractivity contribution is 0.382. The van der Waals surface area contributed by atoms with Gasteiger partial charge >= 0.3 is 0 Å². The number of nitrogens with zero attached hydrogens (tertiary/aromatic N) is 3. The van der Waals surface area contributed by atoms with Gasteiger partial charge in [-0.3, -0.25) is 0 Å². The van der Waals surface area contributed by atoms with Gasteiger partial charge in [0.2, 0.25) is 10.0 Å². The average Bonchev–Trinajstić information content (AvgIpc) is 3.22. The van der Waals surface area contributed by atoms with Crippen molar-refractivity contribution in [1.82, 2.24) is 13.9 Å². The number of rotatable bonds is 5. The highest BCUT2D eigenvalue weighted by atomic mass is 32.2. The second-order valence-electron chi connectivity index (χ2n) is 5.67. The Morgan fingerprint density at radius 2 is 2.14 bits per heavy atom. The molecule has 1 aliphatic carbocycles. The Kier molecular flexibility index (Phi) is 3.78. The maximum Gasteiger partial charge on any atom is 0.246 e. The predicted octanol–water partition coefficient (Wildman–Crippen LogP) is 2.22. The molecular weight excluding hydrogens is 305 g/mol. The lowest BCUT2D eigenvalue weighted by Gasteiger charge is -2.22. The van der Waals surface area contributed by atoms with Gasteiger partial charge < -0.3 is 4.57 Å². The molecule has 1 fully saturated rings. The molecule has 1 heterocycles. The normalized spacial score (nSPS) is 15.5. The highest BCUT2D eigenvalue weighted by Gasteiger charge is 2.39. The zero-order chi connectivity index (χ0) is 15.9. The first kappa shape index (κ1) is 15.2. The van der Waals surface area contributed by atoms with Gasteiger partial charge in [-0.1, -0.05) is 6.07 Å². The molecule has 0 atom stereocenters. The van der Waals surface area contributed by atoms with Crippen LogP contribution in [0.15, 0.2) is 35.5 Å². The standard InChI is InChI=1S/C15H18FN3O2S/c1-11-3-6-13(16)14(9-11)22(20,21)19(12-4-5-12)10-15-17-7-8-18(15)2/h3,6-9,12H,4-5,10H2,1-2H3. The molecule has 118 valence electrons. The van der Waals surface area contributed by atoms with Crippen molar-refractivity contribution in [2.45, 2.75) is 37.2 Å². The van der Waals surface area contributed by atoms with Gasteiger partial charge in [-0.2, -0.15) is 4.31 Å². The van der Waals surface area contributed by atoms with Crippen molar-refractivity contribution >= 4 is 10.0 Å². The summed E-state index contributed by atoms with van der Waals surface area (Å²) in [6, 6.07) is 4.09. The number of benzene rings is 1. The maximum atomic E-state index is 14.0. The summed E-state index contributed by atoms with van der Waals surface area (Å²) in [5.74, 6) is -0.0698. The average molecular weight is 323 g/mol. The molecule has 0 radical (unpaired) electrons. The van der Waals surface area contributed by atoms with E-state index in [0.717, 1.165) is 12.8 Å². The van der Waals surface area contributed by atoms with E-state index in [9.17, 15) is 12.8 Å². The number of aromatic nitrogens is 2. The Bertz CT molecular complexity index is 797. The number of aryl methyl sites for hydroxylation is 2. The molecule has 0 N–H and O–H groups in total. The monoisotopic (exact) mass is 323 g/mol. The van der Waals surface area contributed by atoms with Crippen molar-refractivity contribution in [3.05, 3.63) is 47.8 Å². The SMILES string of the molecule is Cc1ccc(F)c(S(=O)(=O)N(Cc2nccn2C)C2CC2)c1. The van der Waals surface area contributed by atoms with Crippen LogP contribution in [0.1, 0.15) is 24.2 Å². The van der Waals surface area contributed by atoms with E-state index in [1.807, 2.05) is 7.05 Å². The first-order valence-corrected chi connectivity index (χ1v) is 8.58. The zero-order valence-corrected chi connectivity index (χ0v) is 13.3. The minimum atomic E-state index is -3.88. The maximum absolute atomic E-state index is 14.0. The van der Waals surface area contributed by atoms with Crippen LogP contribution in [0.3, 0.4) is 0 Å². The number of hydrogen-bond donors (Lipinski definition) is 0. The molecule has 0 unspecified atom stereocenters. The number of hydrogen-bond acceptors (Lipinski definition) is 3. The molecule has 7 heteroatoms. The highest BCUT2D eigenvalue weighted by molar-refractivity contribution is 7.89. The van der Waals surface area contributed by atoms with Gasteiger partial charge in [0.05, 0.1) is 6.54 Å². The van der Waals surface area contributed by atoms with Crippen molar-refractivity contribution in [2.75, 3.05) is 0 Å². The third-order valence-electron chi connectivity index (χ3n) is 3.85. The summed E-state index contributed by atoms with van der Waals surface area (Å²) in [6.07, 6.45) is 4.99. The molecule has 5 nitrogen and oxygen atoms in total. The van der Waals surface area contributed by atoms with Crippen LogP contribution in [-0.2, 0) is 23.6 Å². The second-order valence-corrected chi connectivity index (χ2v) is 7.53. The number of sulfonamides is 1. The van der Waals surface area contributed by atoms with E-state index in [-0.39, 0.29) is 17.5 Å². The third kappa shape index (κ3) is 2.78. The predicted molar refractivity (Wildman–Crippen MR) is 80.1 cm³/mol. The summed E-state index contributed by atoms with van der Waals surface area (Å²) < 4.78 is 42.9. The number of imidazole rings is 1. The largest absolute Gasteiger partial charge is 0.337 e. The summed E-state index contributed by atoms with van der Waals surface area (Å²) in [7, 11) is -2.07. The summed E-state index contributed by atoms with van der Waals surface area (Å²) in [5, 5.41) is 0. The fourth-order valence-corrected chi connectivity index (χ4v) is 4.19. The van der Waals surface area contributed by atoms with Gasteiger partial charge in [0.25, 0.3) is 0 Å². The highest BCUT2D eigenvalue weighted by Crippen LogP contribution is 2.34. The van der Waals surface area contributed by atoms with Gasteiger partial charge in [-0.25, -0.2) is 17.8 Å². The molecule has 0 saturated heterocycles. The lowest BCUT2D eigenvalue weighted by atomic mass is 10.2. The Morgan fingerprint density at radius 3 is 2.73 bits per heavy atom. The molecule has 2 aromatic rings. The van der Waals surface area contributed by atoms with E-state index < -0.39 is 15.8 Å². The van der Waals surface area contributed by atoms with E-state index in [0.29, 0.717) is 11.4 Å². The molecule has 22 heavy (non-hydrogen) atoms. The van der Waals surface area contributed by atoms with Gasteiger partial charge in [0, 0.05) is 25.5 Å². The topological polar surface area (TPSA) is 55.2 Å². The van der Waals surface area contributed by atoms with E-state index >= 15 is 0 Å². The molecular formula is C15H18FN3O2S. The van der Waals surface area contributed by atoms with Crippen LogP contribution in [0.2, 0.25) is 0 Å². The zero-order valence-electron chi connectivity index (χ0n) is 12.5. The molecule has 0 spiro atoms. The summed E-state index contributed by atoms with van der Waals surface area (Å²) >= 11 is 0. The Hall–Kier alpha value is -1.73. The van der Waals surface area contributed by atoms with Crippen LogP contribution in [0.4, 0.5) is 4.39 Å². The van der Waals surface area contributed by atoms with Crippen LogP contribution in [0, 0.1) is 12.7 Å². The first-order chi connectivity index (χ1) is 10.4. The van der Waals surface area contributed by atoms with Crippen molar-refractivity contribution in [3.63, 3.8) is 0 Å². The molecule has 1 aromatic carbocycles. The minimum Gasteiger partial charge on any atom is -0.337 e. The van der Waals surface area contributed by atoms with Crippen LogP contribution < -0.4 is 0 Å². The fraction of sp³-hybridized carbons (Fsp3) is 0.400. The van der Waals surface area contributed by atoms with Gasteiger partial charge in [-0.05, 0) is 37.5 Å². The molecule has 1 saturated carbocycles. The molecule has 0 bridgehead atoms. The van der Waals surface area contributed by atoms with Crippen LogP contribution in [0.25, 0.3) is 0 Å². The summed E-state index contributed by atoms with van der Waals surface area (Å²) in [5.41, 5.74) is 0.715. The second kappa shape index (κ2) is 5.48. The van der Waals surface area contributed by atoms with Crippen LogP contribution in [-0.4, -0.2) is 28.3 Å². The smallest absolute Gasteiger partial charge is 0.246 e. The van der Waals surface area contributed by atoms with E-state index in [1.165, 1.54) is 16.4 Å². The lowest BCUT2D eigenvalue weighted by Crippen LogP contribution is -2.34. The van der Waals surface area contributed by atoms with E-state index in [4.69, 9.17) is 0 Å². The Labute approximate surface area is 129 Å². The molecule has 1 aromatic heterocycles. The molecule has 3 rings (SSSR count). The Morgan fingerprint density at radius 1 is 1.41 bits per heavy atom. The van der Waals surface area contributed by atoms with Gasteiger partial charge in [0.1, 0.15) is 16.5 Å². The quantitative estimate of drug-likeness (QED) is 0.848. The van der Waals surface area contributed by atoms with E-state index in [1.54, 1.807) is 30.0 Å². The molecule has 1 aliphatic rings. The third-order valence-corrected chi connectivity index (χ3v) is 5.76. The number of halogens is 1. The van der Waals surface area contributed by atoms with Gasteiger partial charge in [-0.15, -0.1) is 0 Å². The Balaban J connectivity index is 2.00. The minimum absolute atomic E-state index is 0.0680. The van der Waals surface area contributed by atoms with Gasteiger partial charge in [0.15, 0.2) is 0 Å². The summed E-state index contributed by atoms with van der Waals surface area (Å²) in [4.78, 5) is 3.92. The first-order valence-electron chi connectivity index (χ1n) is 7.14. The van der Waals surface area contributed by atoms with Crippen molar-refractivity contribution in [3.8, 4) is 0 Å². The van der Waals surface area contributed by atoms with Crippen molar-refractivity contribution in [1.29, 1.82) is 0 Å². The van der Waals surface area contributed by atoms with Crippen molar-refractivity contribution < 1.29 is 12.8 Å². The van der Waals surface area contributed by atoms with Crippen LogP contribution >= 0.6 is 0 Å². The summed E-state index contributed by atoms with van der Waals surface area (Å²) in [6.45, 7) is 1.91. The molecule has 0 amide bonds. The molecule has 0 aliphatic heterocycles. The van der Waals surface area contributed by atoms with Crippen LogP contribution in [0.5, 0.6) is 0 Å². The fourth-order valence-electron chi connectivity index (χ4n) is 2.40. The van der Waals surface area contributed by atoms with E-state index in [2.05, 4.69) is 4.98 Å².